The predicted molar refractivity (Wildman–Crippen MR) is 111 cm³/mol. The van der Waals surface area contributed by atoms with Crippen LogP contribution in [0.4, 0.5) is 4.79 Å². The Hall–Kier alpha value is -2.82. The zero-order valence-electron chi connectivity index (χ0n) is 16.5. The summed E-state index contributed by atoms with van der Waals surface area (Å²) in [5, 5.41) is 12.0. The van der Waals surface area contributed by atoms with E-state index >= 15 is 0 Å². The zero-order valence-corrected chi connectivity index (χ0v) is 16.5. The van der Waals surface area contributed by atoms with E-state index in [2.05, 4.69) is 29.6 Å². The van der Waals surface area contributed by atoms with E-state index in [1.54, 1.807) is 0 Å². The Morgan fingerprint density at radius 3 is 2.21 bits per heavy atom. The molecule has 5 nitrogen and oxygen atoms in total. The molecule has 5 heteroatoms. The van der Waals surface area contributed by atoms with Crippen LogP contribution in [-0.2, 0) is 9.53 Å². The number of rotatable bonds is 8. The highest BCUT2D eigenvalue weighted by atomic mass is 16.5. The van der Waals surface area contributed by atoms with Crippen molar-refractivity contribution in [3.8, 4) is 11.1 Å². The number of carbonyl (C=O) groups excluding carboxylic acids is 1. The molecule has 0 bridgehead atoms. The van der Waals surface area contributed by atoms with Crippen LogP contribution >= 0.6 is 0 Å². The summed E-state index contributed by atoms with van der Waals surface area (Å²) in [6.07, 6.45) is 5.40. The largest absolute Gasteiger partial charge is 0.480 e. The second-order valence-corrected chi connectivity index (χ2v) is 8.09. The van der Waals surface area contributed by atoms with Crippen LogP contribution in [0.25, 0.3) is 11.1 Å². The van der Waals surface area contributed by atoms with Gasteiger partial charge in [0.15, 0.2) is 0 Å². The number of aliphatic carboxylic acids is 1. The molecule has 1 fully saturated rings. The van der Waals surface area contributed by atoms with Gasteiger partial charge >= 0.3 is 12.1 Å². The van der Waals surface area contributed by atoms with Gasteiger partial charge in [0.05, 0.1) is 0 Å². The summed E-state index contributed by atoms with van der Waals surface area (Å²) in [6, 6.07) is 15.4. The fourth-order valence-corrected chi connectivity index (χ4v) is 4.43. The molecule has 0 heterocycles. The molecule has 2 aliphatic rings. The molecule has 152 valence electrons. The second kappa shape index (κ2) is 8.68. The smallest absolute Gasteiger partial charge is 0.407 e. The number of carboxylic acid groups (broad SMARTS) is 1. The summed E-state index contributed by atoms with van der Waals surface area (Å²) in [6.45, 7) is 0.189. The molecule has 1 saturated carbocycles. The Morgan fingerprint density at radius 2 is 1.66 bits per heavy atom. The van der Waals surface area contributed by atoms with E-state index in [0.717, 1.165) is 41.0 Å². The van der Waals surface area contributed by atoms with E-state index in [9.17, 15) is 14.7 Å². The van der Waals surface area contributed by atoms with Crippen LogP contribution in [0.1, 0.15) is 55.6 Å². The molecule has 0 saturated heterocycles. The number of carboxylic acids is 1. The Bertz CT molecular complexity index is 844. The van der Waals surface area contributed by atoms with Crippen molar-refractivity contribution in [3.05, 3.63) is 59.7 Å². The van der Waals surface area contributed by atoms with Crippen LogP contribution in [-0.4, -0.2) is 29.8 Å². The maximum Gasteiger partial charge on any atom is 0.407 e. The summed E-state index contributed by atoms with van der Waals surface area (Å²) in [5.41, 5.74) is 4.60. The highest BCUT2D eigenvalue weighted by Gasteiger charge is 2.29. The van der Waals surface area contributed by atoms with Crippen LogP contribution in [0, 0.1) is 5.92 Å². The maximum absolute atomic E-state index is 12.3. The SMILES string of the molecule is O=C(N[C@@H](CCCC1CCC1)C(=O)O)OCC1c2ccccc2-c2ccccc21. The average Bonchev–Trinajstić information content (AvgIpc) is 3.01. The van der Waals surface area contributed by atoms with Gasteiger partial charge in [0.25, 0.3) is 0 Å². The third kappa shape index (κ3) is 4.29. The summed E-state index contributed by atoms with van der Waals surface area (Å²) in [5.74, 6) is -0.305. The lowest BCUT2D eigenvalue weighted by Gasteiger charge is -2.25. The number of carbonyl (C=O) groups is 2. The lowest BCUT2D eigenvalue weighted by Crippen LogP contribution is -2.41. The molecule has 29 heavy (non-hydrogen) atoms. The third-order valence-electron chi connectivity index (χ3n) is 6.26. The van der Waals surface area contributed by atoms with Gasteiger partial charge in [-0.05, 0) is 34.6 Å². The van der Waals surface area contributed by atoms with Crippen molar-refractivity contribution in [2.75, 3.05) is 6.61 Å². The first kappa shape index (κ1) is 19.5. The normalized spacial score (nSPS) is 16.4. The molecule has 0 aromatic heterocycles. The molecule has 2 aliphatic carbocycles. The van der Waals surface area contributed by atoms with Crippen molar-refractivity contribution in [1.29, 1.82) is 0 Å². The summed E-state index contributed by atoms with van der Waals surface area (Å²) < 4.78 is 5.47. The third-order valence-corrected chi connectivity index (χ3v) is 6.26. The van der Waals surface area contributed by atoms with Crippen molar-refractivity contribution < 1.29 is 19.4 Å². The fraction of sp³-hybridized carbons (Fsp3) is 0.417. The molecule has 1 amide bonds. The summed E-state index contributed by atoms with van der Waals surface area (Å²) in [7, 11) is 0. The minimum Gasteiger partial charge on any atom is -0.480 e. The van der Waals surface area contributed by atoms with Crippen LogP contribution in [0.5, 0.6) is 0 Å². The van der Waals surface area contributed by atoms with Crippen LogP contribution in [0.15, 0.2) is 48.5 Å². The zero-order chi connectivity index (χ0) is 20.2. The number of hydrogen-bond donors (Lipinski definition) is 2. The summed E-state index contributed by atoms with van der Waals surface area (Å²) in [4.78, 5) is 23.8. The van der Waals surface area contributed by atoms with E-state index in [1.165, 1.54) is 19.3 Å². The first-order valence-corrected chi connectivity index (χ1v) is 10.5. The van der Waals surface area contributed by atoms with Gasteiger partial charge in [0.2, 0.25) is 0 Å². The van der Waals surface area contributed by atoms with E-state index in [4.69, 9.17) is 4.74 Å². The number of benzene rings is 2. The van der Waals surface area contributed by atoms with Crippen molar-refractivity contribution in [2.45, 2.75) is 50.5 Å². The van der Waals surface area contributed by atoms with Gasteiger partial charge in [-0.3, -0.25) is 0 Å². The minimum absolute atomic E-state index is 0.0324. The van der Waals surface area contributed by atoms with Gasteiger partial charge in [0, 0.05) is 5.92 Å². The number of ether oxygens (including phenoxy) is 1. The molecule has 4 rings (SSSR count). The molecular weight excluding hydrogens is 366 g/mol. The average molecular weight is 393 g/mol. The standard InChI is InChI=1S/C24H27NO4/c26-23(27)22(14-6-9-16-7-5-8-16)25-24(28)29-15-21-19-12-3-1-10-17(19)18-11-2-4-13-20(18)21/h1-4,10-13,16,21-22H,5-9,14-15H2,(H,25,28)(H,26,27)/t22-/m0/s1. The summed E-state index contributed by atoms with van der Waals surface area (Å²) >= 11 is 0. The molecular formula is C24H27NO4. The molecule has 0 unspecified atom stereocenters. The second-order valence-electron chi connectivity index (χ2n) is 8.09. The highest BCUT2D eigenvalue weighted by molar-refractivity contribution is 5.81. The molecule has 2 aromatic rings. The molecule has 2 N–H and O–H groups in total. The van der Waals surface area contributed by atoms with Crippen LogP contribution < -0.4 is 5.32 Å². The molecule has 0 radical (unpaired) electrons. The number of nitrogens with one attached hydrogen (secondary N) is 1. The lowest BCUT2D eigenvalue weighted by molar-refractivity contribution is -0.139. The van der Waals surface area contributed by atoms with Crippen molar-refractivity contribution >= 4 is 12.1 Å². The molecule has 0 aliphatic heterocycles. The number of amides is 1. The predicted octanol–water partition coefficient (Wildman–Crippen LogP) is 4.95. The lowest BCUT2D eigenvalue weighted by atomic mass is 9.81. The molecule has 0 spiro atoms. The van der Waals surface area contributed by atoms with Crippen molar-refractivity contribution in [3.63, 3.8) is 0 Å². The minimum atomic E-state index is -1.01. The Morgan fingerprint density at radius 1 is 1.03 bits per heavy atom. The fourth-order valence-electron chi connectivity index (χ4n) is 4.43. The molecule has 2 aromatic carbocycles. The van der Waals surface area contributed by atoms with Crippen molar-refractivity contribution in [1.82, 2.24) is 5.32 Å². The number of hydrogen-bond acceptors (Lipinski definition) is 3. The van der Waals surface area contributed by atoms with Gasteiger partial charge in [-0.25, -0.2) is 9.59 Å². The first-order chi connectivity index (χ1) is 14.1. The Balaban J connectivity index is 1.34. The monoisotopic (exact) mass is 393 g/mol. The van der Waals surface area contributed by atoms with Gasteiger partial charge in [0.1, 0.15) is 12.6 Å². The Labute approximate surface area is 171 Å². The van der Waals surface area contributed by atoms with Crippen molar-refractivity contribution in [2.24, 2.45) is 5.92 Å². The quantitative estimate of drug-likeness (QED) is 0.665. The topological polar surface area (TPSA) is 75.6 Å². The number of fused-ring (bicyclic) bond motifs is 3. The van der Waals surface area contributed by atoms with E-state index in [0.29, 0.717) is 6.42 Å². The van der Waals surface area contributed by atoms with Gasteiger partial charge in [-0.2, -0.15) is 0 Å². The maximum atomic E-state index is 12.3. The highest BCUT2D eigenvalue weighted by Crippen LogP contribution is 2.44. The van der Waals surface area contributed by atoms with Gasteiger partial charge in [-0.1, -0.05) is 80.6 Å². The first-order valence-electron chi connectivity index (χ1n) is 10.5. The van der Waals surface area contributed by atoms with E-state index < -0.39 is 18.1 Å². The van der Waals surface area contributed by atoms with Crippen LogP contribution in [0.3, 0.4) is 0 Å². The number of alkyl carbamates (subject to hydrolysis) is 1. The van der Waals surface area contributed by atoms with Gasteiger partial charge < -0.3 is 15.2 Å². The Kier molecular flexibility index (Phi) is 5.84. The van der Waals surface area contributed by atoms with E-state index in [1.807, 2.05) is 24.3 Å². The van der Waals surface area contributed by atoms with Crippen LogP contribution in [0.2, 0.25) is 0 Å². The molecule has 1 atom stereocenters. The van der Waals surface area contributed by atoms with Gasteiger partial charge in [-0.15, -0.1) is 0 Å². The van der Waals surface area contributed by atoms with E-state index in [-0.39, 0.29) is 12.5 Å².